The number of unbranched alkanes of at least 4 members (excludes halogenated alkanes) is 1. The fraction of sp³-hybridized carbons (Fsp3) is 0.619. The van der Waals surface area contributed by atoms with Crippen molar-refractivity contribution in [3.05, 3.63) is 30.1 Å². The van der Waals surface area contributed by atoms with Crippen LogP contribution in [0.3, 0.4) is 0 Å². The number of carbonyl (C=O) groups excluding carboxylic acids is 1. The molecule has 5 heteroatoms. The van der Waals surface area contributed by atoms with Crippen LogP contribution in [0.25, 0.3) is 11.0 Å². The van der Waals surface area contributed by atoms with Gasteiger partial charge in [0.05, 0.1) is 17.6 Å². The number of rotatable bonds is 7. The van der Waals surface area contributed by atoms with Gasteiger partial charge in [-0.15, -0.1) is 0 Å². The lowest BCUT2D eigenvalue weighted by Crippen LogP contribution is -2.32. The van der Waals surface area contributed by atoms with Gasteiger partial charge in [-0.3, -0.25) is 9.69 Å². The molecule has 1 fully saturated rings. The third-order valence-electron chi connectivity index (χ3n) is 5.36. The molecule has 5 nitrogen and oxygen atoms in total. The summed E-state index contributed by atoms with van der Waals surface area (Å²) < 4.78 is 2.13. The van der Waals surface area contributed by atoms with Gasteiger partial charge in [0.2, 0.25) is 5.91 Å². The van der Waals surface area contributed by atoms with Crippen LogP contribution >= 0.6 is 0 Å². The van der Waals surface area contributed by atoms with Gasteiger partial charge in [0.15, 0.2) is 0 Å². The first-order valence-electron chi connectivity index (χ1n) is 10.1. The predicted octanol–water partition coefficient (Wildman–Crippen LogP) is 3.67. The fourth-order valence-electron chi connectivity index (χ4n) is 3.69. The van der Waals surface area contributed by atoms with Crippen LogP contribution in [-0.4, -0.2) is 51.9 Å². The van der Waals surface area contributed by atoms with Gasteiger partial charge >= 0.3 is 0 Å². The van der Waals surface area contributed by atoms with Gasteiger partial charge in [0.1, 0.15) is 12.4 Å². The average Bonchev–Trinajstić information content (AvgIpc) is 2.82. The molecule has 2 aromatic rings. The first-order valence-corrected chi connectivity index (χ1v) is 10.1. The maximum atomic E-state index is 12.7. The Kier molecular flexibility index (Phi) is 6.67. The zero-order chi connectivity index (χ0) is 18.4. The molecule has 1 saturated heterocycles. The molecular formula is C21H32N4O. The second-order valence-corrected chi connectivity index (χ2v) is 7.46. The maximum Gasteiger partial charge on any atom is 0.242 e. The SMILES string of the molecule is CCCCN(C)C(=O)Cn1c(CN2CCCCCC2)nc2ccccc21. The van der Waals surface area contributed by atoms with E-state index in [0.717, 1.165) is 55.9 Å². The summed E-state index contributed by atoms with van der Waals surface area (Å²) in [5.41, 5.74) is 2.05. The number of benzene rings is 1. The number of amides is 1. The molecular weight excluding hydrogens is 324 g/mol. The second kappa shape index (κ2) is 9.17. The molecule has 1 aromatic carbocycles. The van der Waals surface area contributed by atoms with Crippen LogP contribution in [0, 0.1) is 0 Å². The maximum absolute atomic E-state index is 12.7. The lowest BCUT2D eigenvalue weighted by molar-refractivity contribution is -0.130. The number of imidazole rings is 1. The summed E-state index contributed by atoms with van der Waals surface area (Å²) in [6, 6.07) is 8.17. The number of para-hydroxylation sites is 2. The molecule has 26 heavy (non-hydrogen) atoms. The molecule has 142 valence electrons. The third kappa shape index (κ3) is 4.64. The highest BCUT2D eigenvalue weighted by Crippen LogP contribution is 2.19. The first kappa shape index (κ1) is 18.9. The Bertz CT molecular complexity index is 716. The van der Waals surface area contributed by atoms with Crippen LogP contribution in [0.15, 0.2) is 24.3 Å². The largest absolute Gasteiger partial charge is 0.344 e. The highest BCUT2D eigenvalue weighted by molar-refractivity contribution is 5.81. The highest BCUT2D eigenvalue weighted by atomic mass is 16.2. The number of likely N-dealkylation sites (N-methyl/N-ethyl adjacent to an activating group) is 1. The van der Waals surface area contributed by atoms with Crippen LogP contribution in [0.5, 0.6) is 0 Å². The lowest BCUT2D eigenvalue weighted by Gasteiger charge is -2.21. The van der Waals surface area contributed by atoms with E-state index in [1.807, 2.05) is 30.1 Å². The molecule has 0 saturated carbocycles. The molecule has 3 rings (SSSR count). The van der Waals surface area contributed by atoms with Gasteiger partial charge in [0.25, 0.3) is 0 Å². The van der Waals surface area contributed by atoms with Crippen molar-refractivity contribution in [1.29, 1.82) is 0 Å². The van der Waals surface area contributed by atoms with E-state index in [1.165, 1.54) is 25.7 Å². The summed E-state index contributed by atoms with van der Waals surface area (Å²) >= 11 is 0. The molecule has 0 aliphatic carbocycles. The molecule has 0 bridgehead atoms. The molecule has 0 atom stereocenters. The molecule has 1 amide bonds. The van der Waals surface area contributed by atoms with Gasteiger partial charge in [-0.05, 0) is 44.5 Å². The van der Waals surface area contributed by atoms with Gasteiger partial charge in [-0.2, -0.15) is 0 Å². The summed E-state index contributed by atoms with van der Waals surface area (Å²) in [7, 11) is 1.91. The Hall–Kier alpha value is -1.88. The van der Waals surface area contributed by atoms with Crippen molar-refractivity contribution in [2.45, 2.75) is 58.5 Å². The molecule has 0 unspecified atom stereocenters. The number of hydrogen-bond donors (Lipinski definition) is 0. The monoisotopic (exact) mass is 356 g/mol. The van der Waals surface area contributed by atoms with Crippen molar-refractivity contribution in [2.75, 3.05) is 26.7 Å². The number of carbonyl (C=O) groups is 1. The van der Waals surface area contributed by atoms with Gasteiger partial charge in [-0.1, -0.05) is 38.3 Å². The Morgan fingerprint density at radius 1 is 1.15 bits per heavy atom. The Labute approximate surface area is 157 Å². The predicted molar refractivity (Wildman–Crippen MR) is 106 cm³/mol. The van der Waals surface area contributed by atoms with Crippen molar-refractivity contribution in [2.24, 2.45) is 0 Å². The molecule has 2 heterocycles. The van der Waals surface area contributed by atoms with Crippen LogP contribution < -0.4 is 0 Å². The summed E-state index contributed by atoms with van der Waals surface area (Å²) in [4.78, 5) is 21.9. The standard InChI is InChI=1S/C21H32N4O/c1-3-4-13-23(2)21(26)17-25-19-12-8-7-11-18(19)22-20(25)16-24-14-9-5-6-10-15-24/h7-8,11-12H,3-6,9-10,13-17H2,1-2H3. The molecule has 0 spiro atoms. The highest BCUT2D eigenvalue weighted by Gasteiger charge is 2.18. The zero-order valence-electron chi connectivity index (χ0n) is 16.3. The number of aromatic nitrogens is 2. The van der Waals surface area contributed by atoms with Gasteiger partial charge < -0.3 is 9.47 Å². The Morgan fingerprint density at radius 3 is 2.62 bits per heavy atom. The summed E-state index contributed by atoms with van der Waals surface area (Å²) in [6.07, 6.45) is 7.33. The summed E-state index contributed by atoms with van der Waals surface area (Å²) in [5.74, 6) is 1.18. The van der Waals surface area contributed by atoms with E-state index in [0.29, 0.717) is 6.54 Å². The number of fused-ring (bicyclic) bond motifs is 1. The van der Waals surface area contributed by atoms with Crippen molar-refractivity contribution in [3.8, 4) is 0 Å². The van der Waals surface area contributed by atoms with E-state index in [-0.39, 0.29) is 5.91 Å². The minimum atomic E-state index is 0.165. The van der Waals surface area contributed by atoms with E-state index in [2.05, 4.69) is 22.5 Å². The topological polar surface area (TPSA) is 41.4 Å². The zero-order valence-corrected chi connectivity index (χ0v) is 16.3. The molecule has 1 aliphatic heterocycles. The number of hydrogen-bond acceptors (Lipinski definition) is 3. The second-order valence-electron chi connectivity index (χ2n) is 7.46. The molecule has 0 radical (unpaired) electrons. The lowest BCUT2D eigenvalue weighted by atomic mass is 10.2. The fourth-order valence-corrected chi connectivity index (χ4v) is 3.69. The quantitative estimate of drug-likeness (QED) is 0.760. The first-order chi connectivity index (χ1) is 12.7. The van der Waals surface area contributed by atoms with Gasteiger partial charge in [-0.25, -0.2) is 4.98 Å². The number of likely N-dealkylation sites (tertiary alicyclic amines) is 1. The minimum Gasteiger partial charge on any atom is -0.344 e. The van der Waals surface area contributed by atoms with Crippen LogP contribution in [0.1, 0.15) is 51.3 Å². The molecule has 1 aromatic heterocycles. The summed E-state index contributed by atoms with van der Waals surface area (Å²) in [5, 5.41) is 0. The van der Waals surface area contributed by atoms with Crippen molar-refractivity contribution < 1.29 is 4.79 Å². The van der Waals surface area contributed by atoms with E-state index in [9.17, 15) is 4.79 Å². The minimum absolute atomic E-state index is 0.165. The Morgan fingerprint density at radius 2 is 1.88 bits per heavy atom. The molecule has 0 N–H and O–H groups in total. The smallest absolute Gasteiger partial charge is 0.242 e. The summed E-state index contributed by atoms with van der Waals surface area (Å²) in [6.45, 7) is 6.45. The molecule has 1 aliphatic rings. The average molecular weight is 357 g/mol. The number of nitrogens with zero attached hydrogens (tertiary/aromatic N) is 4. The van der Waals surface area contributed by atoms with Gasteiger partial charge in [0, 0.05) is 13.6 Å². The normalized spacial score (nSPS) is 15.9. The van der Waals surface area contributed by atoms with E-state index in [4.69, 9.17) is 4.98 Å². The van der Waals surface area contributed by atoms with Crippen molar-refractivity contribution in [1.82, 2.24) is 19.4 Å². The van der Waals surface area contributed by atoms with Crippen LogP contribution in [0.4, 0.5) is 0 Å². The van der Waals surface area contributed by atoms with E-state index < -0.39 is 0 Å². The van der Waals surface area contributed by atoms with Crippen LogP contribution in [0.2, 0.25) is 0 Å². The van der Waals surface area contributed by atoms with Crippen molar-refractivity contribution >= 4 is 16.9 Å². The van der Waals surface area contributed by atoms with Crippen molar-refractivity contribution in [3.63, 3.8) is 0 Å². The Balaban J connectivity index is 1.81. The van der Waals surface area contributed by atoms with E-state index >= 15 is 0 Å². The van der Waals surface area contributed by atoms with Crippen LogP contribution in [-0.2, 0) is 17.9 Å². The third-order valence-corrected chi connectivity index (χ3v) is 5.36. The van der Waals surface area contributed by atoms with E-state index in [1.54, 1.807) is 0 Å².